The monoisotopic (exact) mass is 363 g/mol. The van der Waals surface area contributed by atoms with Gasteiger partial charge >= 0.3 is 0 Å². The Morgan fingerprint density at radius 2 is 2.05 bits per heavy atom. The molecule has 0 spiro atoms. The third-order valence-corrected chi connectivity index (χ3v) is 3.86. The molecule has 0 amide bonds. The van der Waals surface area contributed by atoms with Crippen molar-refractivity contribution in [2.75, 3.05) is 7.11 Å². The summed E-state index contributed by atoms with van der Waals surface area (Å²) in [5.41, 5.74) is 0.840. The first kappa shape index (κ1) is 15.6. The van der Waals surface area contributed by atoms with Crippen LogP contribution in [0.25, 0.3) is 0 Å². The van der Waals surface area contributed by atoms with E-state index in [4.69, 9.17) is 16.3 Å². The van der Waals surface area contributed by atoms with Crippen LogP contribution in [0.5, 0.6) is 5.75 Å². The van der Waals surface area contributed by atoms with Crippen LogP contribution in [0.1, 0.15) is 21.8 Å². The van der Waals surface area contributed by atoms with Crippen molar-refractivity contribution in [2.24, 2.45) is 0 Å². The van der Waals surface area contributed by atoms with Crippen molar-refractivity contribution in [1.29, 1.82) is 5.26 Å². The van der Waals surface area contributed by atoms with Crippen molar-refractivity contribution in [3.05, 3.63) is 63.1 Å². The maximum Gasteiger partial charge on any atom is 0.186 e. The van der Waals surface area contributed by atoms with Crippen LogP contribution in [-0.2, 0) is 0 Å². The number of carbonyl (C=O) groups excluding carboxylic acids is 1. The highest BCUT2D eigenvalue weighted by molar-refractivity contribution is 9.10. The number of carbonyl (C=O) groups is 1. The Morgan fingerprint density at radius 1 is 1.33 bits per heavy atom. The van der Waals surface area contributed by atoms with Crippen molar-refractivity contribution < 1.29 is 9.53 Å². The van der Waals surface area contributed by atoms with Crippen LogP contribution in [0.3, 0.4) is 0 Å². The Kier molecular flexibility index (Phi) is 5.00. The van der Waals surface area contributed by atoms with Crippen molar-refractivity contribution in [1.82, 2.24) is 0 Å². The number of nitriles is 1. The van der Waals surface area contributed by atoms with Gasteiger partial charge in [-0.25, -0.2) is 0 Å². The fraction of sp³-hybridized carbons (Fsp3) is 0.125. The molecular weight excluding hydrogens is 354 g/mol. The van der Waals surface area contributed by atoms with Gasteiger partial charge in [0.15, 0.2) is 5.78 Å². The lowest BCUT2D eigenvalue weighted by atomic mass is 9.91. The molecule has 2 aromatic rings. The SMILES string of the molecule is COc1ccccc1C(C#N)C(=O)c1cc(Br)ccc1Cl. The van der Waals surface area contributed by atoms with Crippen LogP contribution in [0.2, 0.25) is 5.02 Å². The molecule has 0 aliphatic heterocycles. The number of methoxy groups -OCH3 is 1. The number of Topliss-reactive ketones (excluding diaryl/α,β-unsaturated/α-hetero) is 1. The Morgan fingerprint density at radius 3 is 2.71 bits per heavy atom. The van der Waals surface area contributed by atoms with E-state index in [1.807, 2.05) is 6.07 Å². The van der Waals surface area contributed by atoms with Crippen LogP contribution >= 0.6 is 27.5 Å². The van der Waals surface area contributed by atoms with E-state index in [0.29, 0.717) is 21.9 Å². The lowest BCUT2D eigenvalue weighted by Crippen LogP contribution is -2.13. The summed E-state index contributed by atoms with van der Waals surface area (Å²) in [6.45, 7) is 0. The average Bonchev–Trinajstić information content (AvgIpc) is 2.50. The van der Waals surface area contributed by atoms with Crippen LogP contribution in [0.4, 0.5) is 0 Å². The fourth-order valence-electron chi connectivity index (χ4n) is 2.02. The van der Waals surface area contributed by atoms with Gasteiger partial charge in [-0.2, -0.15) is 5.26 Å². The van der Waals surface area contributed by atoms with Gasteiger partial charge in [-0.05, 0) is 24.3 Å². The molecule has 0 aromatic heterocycles. The second-order valence-corrected chi connectivity index (χ2v) is 5.62. The summed E-state index contributed by atoms with van der Waals surface area (Å²) in [7, 11) is 1.50. The second-order valence-electron chi connectivity index (χ2n) is 4.29. The van der Waals surface area contributed by atoms with Gasteiger partial charge in [-0.1, -0.05) is 45.7 Å². The van der Waals surface area contributed by atoms with Gasteiger partial charge in [-0.15, -0.1) is 0 Å². The highest BCUT2D eigenvalue weighted by atomic mass is 79.9. The fourth-order valence-corrected chi connectivity index (χ4v) is 2.59. The topological polar surface area (TPSA) is 50.1 Å². The van der Waals surface area contributed by atoms with E-state index in [1.54, 1.807) is 42.5 Å². The molecule has 5 heteroatoms. The number of hydrogen-bond donors (Lipinski definition) is 0. The minimum atomic E-state index is -0.965. The third-order valence-electron chi connectivity index (χ3n) is 3.04. The summed E-state index contributed by atoms with van der Waals surface area (Å²) in [5, 5.41) is 9.73. The number of benzene rings is 2. The Hall–Kier alpha value is -1.83. The molecule has 2 aromatic carbocycles. The van der Waals surface area contributed by atoms with Gasteiger partial charge in [0, 0.05) is 15.6 Å². The molecule has 1 unspecified atom stereocenters. The Labute approximate surface area is 136 Å². The first-order valence-corrected chi connectivity index (χ1v) is 7.27. The van der Waals surface area contributed by atoms with Gasteiger partial charge < -0.3 is 4.74 Å². The highest BCUT2D eigenvalue weighted by Gasteiger charge is 2.26. The summed E-state index contributed by atoms with van der Waals surface area (Å²) < 4.78 is 5.95. The lowest BCUT2D eigenvalue weighted by Gasteiger charge is -2.13. The summed E-state index contributed by atoms with van der Waals surface area (Å²) in [5.74, 6) is -0.815. The molecule has 0 saturated carbocycles. The molecule has 0 radical (unpaired) electrons. The predicted octanol–water partition coefficient (Wildman–Crippen LogP) is 4.60. The second kappa shape index (κ2) is 6.75. The van der Waals surface area contributed by atoms with Gasteiger partial charge in [0.1, 0.15) is 11.7 Å². The standard InChI is InChI=1S/C16H11BrClNO2/c1-21-15-5-3-2-4-11(15)13(9-19)16(20)12-8-10(17)6-7-14(12)18/h2-8,13H,1H3. The molecule has 21 heavy (non-hydrogen) atoms. The quantitative estimate of drug-likeness (QED) is 0.745. The summed E-state index contributed by atoms with van der Waals surface area (Å²) >= 11 is 9.37. The molecule has 0 saturated heterocycles. The van der Waals surface area contributed by atoms with E-state index in [0.717, 1.165) is 4.47 Å². The number of para-hydroxylation sites is 1. The van der Waals surface area contributed by atoms with Crippen molar-refractivity contribution in [3.63, 3.8) is 0 Å². The molecule has 106 valence electrons. The highest BCUT2D eigenvalue weighted by Crippen LogP contribution is 2.31. The molecule has 0 N–H and O–H groups in total. The minimum absolute atomic E-state index is 0.309. The maximum absolute atomic E-state index is 12.6. The Bertz CT molecular complexity index is 724. The van der Waals surface area contributed by atoms with E-state index in [2.05, 4.69) is 15.9 Å². The molecule has 0 fully saturated rings. The van der Waals surface area contributed by atoms with Crippen LogP contribution < -0.4 is 4.74 Å². The van der Waals surface area contributed by atoms with E-state index in [-0.39, 0.29) is 5.78 Å². The molecule has 0 aliphatic rings. The molecule has 3 nitrogen and oxygen atoms in total. The van der Waals surface area contributed by atoms with Crippen molar-refractivity contribution in [3.8, 4) is 11.8 Å². The first-order chi connectivity index (χ1) is 10.1. The predicted molar refractivity (Wildman–Crippen MR) is 84.8 cm³/mol. The lowest BCUT2D eigenvalue weighted by molar-refractivity contribution is 0.0978. The summed E-state index contributed by atoms with van der Waals surface area (Å²) in [4.78, 5) is 12.6. The van der Waals surface area contributed by atoms with E-state index in [9.17, 15) is 10.1 Å². The molecule has 1 atom stereocenters. The van der Waals surface area contributed by atoms with E-state index >= 15 is 0 Å². The van der Waals surface area contributed by atoms with Crippen LogP contribution in [0.15, 0.2) is 46.9 Å². The van der Waals surface area contributed by atoms with Gasteiger partial charge in [0.25, 0.3) is 0 Å². The van der Waals surface area contributed by atoms with Crippen molar-refractivity contribution in [2.45, 2.75) is 5.92 Å². The molecule has 2 rings (SSSR count). The van der Waals surface area contributed by atoms with Crippen LogP contribution in [-0.4, -0.2) is 12.9 Å². The summed E-state index contributed by atoms with van der Waals surface area (Å²) in [6, 6.07) is 14.0. The van der Waals surface area contributed by atoms with Crippen LogP contribution in [0, 0.1) is 11.3 Å². The zero-order chi connectivity index (χ0) is 15.4. The summed E-state index contributed by atoms with van der Waals surface area (Å²) in [6.07, 6.45) is 0. The molecule has 0 heterocycles. The number of halogens is 2. The molecule has 0 bridgehead atoms. The number of ether oxygens (including phenoxy) is 1. The largest absolute Gasteiger partial charge is 0.496 e. The molecule has 0 aliphatic carbocycles. The number of nitrogens with zero attached hydrogens (tertiary/aromatic N) is 1. The number of hydrogen-bond acceptors (Lipinski definition) is 3. The normalized spacial score (nSPS) is 11.5. The van der Waals surface area contributed by atoms with Gasteiger partial charge in [-0.3, -0.25) is 4.79 Å². The maximum atomic E-state index is 12.6. The zero-order valence-electron chi connectivity index (χ0n) is 11.1. The first-order valence-electron chi connectivity index (χ1n) is 6.10. The van der Waals surface area contributed by atoms with E-state index in [1.165, 1.54) is 7.11 Å². The number of ketones is 1. The zero-order valence-corrected chi connectivity index (χ0v) is 13.5. The third kappa shape index (κ3) is 3.26. The van der Waals surface area contributed by atoms with E-state index < -0.39 is 5.92 Å². The molecular formula is C16H11BrClNO2. The smallest absolute Gasteiger partial charge is 0.186 e. The van der Waals surface area contributed by atoms with Gasteiger partial charge in [0.2, 0.25) is 0 Å². The average molecular weight is 365 g/mol. The minimum Gasteiger partial charge on any atom is -0.496 e. The Balaban J connectivity index is 2.49. The number of rotatable bonds is 4. The van der Waals surface area contributed by atoms with Crippen molar-refractivity contribution >= 4 is 33.3 Å². The van der Waals surface area contributed by atoms with Gasteiger partial charge in [0.05, 0.1) is 18.2 Å².